The van der Waals surface area contributed by atoms with E-state index in [1.165, 1.54) is 31.6 Å². The van der Waals surface area contributed by atoms with Gasteiger partial charge in [0.2, 0.25) is 0 Å². The number of thioether (sulfide) groups is 1. The molecule has 0 aliphatic carbocycles. The van der Waals surface area contributed by atoms with Crippen molar-refractivity contribution in [3.8, 4) is 0 Å². The van der Waals surface area contributed by atoms with Crippen LogP contribution in [0, 0.1) is 5.92 Å². The number of nitrogens with zero attached hydrogens (tertiary/aromatic N) is 1. The highest BCUT2D eigenvalue weighted by Crippen LogP contribution is 2.15. The summed E-state index contributed by atoms with van der Waals surface area (Å²) in [5.41, 5.74) is 0. The minimum absolute atomic E-state index is 0.749. The van der Waals surface area contributed by atoms with Gasteiger partial charge in [-0.1, -0.05) is 36.2 Å². The van der Waals surface area contributed by atoms with Crippen LogP contribution in [0.4, 0.5) is 0 Å². The molecule has 15 heavy (non-hydrogen) atoms. The van der Waals surface area contributed by atoms with Crippen molar-refractivity contribution in [3.63, 3.8) is 0 Å². The summed E-state index contributed by atoms with van der Waals surface area (Å²) in [4.78, 5) is 2.54. The molecule has 0 saturated heterocycles. The molecule has 0 aliphatic rings. The predicted octanol–water partition coefficient (Wildman–Crippen LogP) is 3.87. The van der Waals surface area contributed by atoms with Gasteiger partial charge in [0.1, 0.15) is 0 Å². The number of hydrogen-bond acceptors (Lipinski definition) is 2. The third-order valence-electron chi connectivity index (χ3n) is 2.91. The highest BCUT2D eigenvalue weighted by atomic mass is 79.9. The van der Waals surface area contributed by atoms with E-state index in [1.807, 2.05) is 11.8 Å². The molecule has 0 aliphatic heterocycles. The lowest BCUT2D eigenvalue weighted by Crippen LogP contribution is -2.37. The van der Waals surface area contributed by atoms with Crippen LogP contribution in [0.1, 0.15) is 33.1 Å². The van der Waals surface area contributed by atoms with Crippen LogP contribution < -0.4 is 0 Å². The molecule has 0 amide bonds. The standard InChI is InChI=1S/C12H26BrNS/c1-5-7-11(8-13)9-14(3)12(6-2)10-15-4/h11-12H,5-10H2,1-4H3. The van der Waals surface area contributed by atoms with E-state index in [1.54, 1.807) is 0 Å². The number of halogens is 1. The minimum Gasteiger partial charge on any atom is -0.302 e. The normalized spacial score (nSPS) is 15.6. The summed E-state index contributed by atoms with van der Waals surface area (Å²) in [6, 6.07) is 0.749. The van der Waals surface area contributed by atoms with Gasteiger partial charge in [0.15, 0.2) is 0 Å². The van der Waals surface area contributed by atoms with Crippen molar-refractivity contribution in [1.29, 1.82) is 0 Å². The molecule has 1 nitrogen and oxygen atoms in total. The number of alkyl halides is 1. The molecule has 0 rings (SSSR count). The summed E-state index contributed by atoms with van der Waals surface area (Å²) in [6.45, 7) is 5.80. The quantitative estimate of drug-likeness (QED) is 0.594. The minimum atomic E-state index is 0.749. The van der Waals surface area contributed by atoms with Crippen molar-refractivity contribution >= 4 is 27.7 Å². The van der Waals surface area contributed by atoms with Crippen molar-refractivity contribution in [2.45, 2.75) is 39.2 Å². The summed E-state index contributed by atoms with van der Waals surface area (Å²) in [5, 5.41) is 1.14. The van der Waals surface area contributed by atoms with Crippen molar-refractivity contribution in [2.75, 3.05) is 30.9 Å². The molecule has 0 bridgehead atoms. The van der Waals surface area contributed by atoms with Crippen molar-refractivity contribution < 1.29 is 0 Å². The van der Waals surface area contributed by atoms with Gasteiger partial charge < -0.3 is 4.90 Å². The van der Waals surface area contributed by atoms with Crippen LogP contribution in [-0.4, -0.2) is 41.9 Å². The summed E-state index contributed by atoms with van der Waals surface area (Å²) in [5.74, 6) is 2.07. The third kappa shape index (κ3) is 6.85. The summed E-state index contributed by atoms with van der Waals surface area (Å²) in [6.07, 6.45) is 6.09. The predicted molar refractivity (Wildman–Crippen MR) is 77.3 cm³/mol. The van der Waals surface area contributed by atoms with Gasteiger partial charge in [-0.05, 0) is 32.1 Å². The summed E-state index contributed by atoms with van der Waals surface area (Å²) < 4.78 is 0. The Kier molecular flexibility index (Phi) is 10.5. The van der Waals surface area contributed by atoms with E-state index in [0.29, 0.717) is 0 Å². The molecule has 3 heteroatoms. The average molecular weight is 296 g/mol. The first-order valence-corrected chi connectivity index (χ1v) is 8.46. The van der Waals surface area contributed by atoms with Gasteiger partial charge in [-0.25, -0.2) is 0 Å². The van der Waals surface area contributed by atoms with Crippen LogP contribution in [0.2, 0.25) is 0 Å². The highest BCUT2D eigenvalue weighted by Gasteiger charge is 2.16. The van der Waals surface area contributed by atoms with Crippen LogP contribution in [0.25, 0.3) is 0 Å². The van der Waals surface area contributed by atoms with E-state index >= 15 is 0 Å². The van der Waals surface area contributed by atoms with Crippen molar-refractivity contribution in [1.82, 2.24) is 4.90 Å². The zero-order valence-electron chi connectivity index (χ0n) is 10.6. The van der Waals surface area contributed by atoms with Crippen LogP contribution in [-0.2, 0) is 0 Å². The lowest BCUT2D eigenvalue weighted by atomic mass is 10.0. The Balaban J connectivity index is 3.99. The third-order valence-corrected chi connectivity index (χ3v) is 4.55. The Morgan fingerprint density at radius 3 is 2.40 bits per heavy atom. The van der Waals surface area contributed by atoms with Crippen LogP contribution in [0.15, 0.2) is 0 Å². The smallest absolute Gasteiger partial charge is 0.0180 e. The van der Waals surface area contributed by atoms with Crippen LogP contribution >= 0.6 is 27.7 Å². The molecular formula is C12H26BrNS. The van der Waals surface area contributed by atoms with Gasteiger partial charge >= 0.3 is 0 Å². The van der Waals surface area contributed by atoms with E-state index in [9.17, 15) is 0 Å². The maximum atomic E-state index is 3.62. The highest BCUT2D eigenvalue weighted by molar-refractivity contribution is 9.09. The molecule has 0 aromatic heterocycles. The molecular weight excluding hydrogens is 270 g/mol. The van der Waals surface area contributed by atoms with E-state index in [4.69, 9.17) is 0 Å². The fourth-order valence-electron chi connectivity index (χ4n) is 1.93. The zero-order valence-corrected chi connectivity index (χ0v) is 13.0. The SMILES string of the molecule is CCCC(CBr)CN(C)C(CC)CSC. The molecule has 92 valence electrons. The molecule has 0 aromatic carbocycles. The fourth-order valence-corrected chi connectivity index (χ4v) is 3.33. The molecule has 0 radical (unpaired) electrons. The Hall–Kier alpha value is 0.790. The van der Waals surface area contributed by atoms with Gasteiger partial charge in [-0.3, -0.25) is 0 Å². The van der Waals surface area contributed by atoms with Gasteiger partial charge in [-0.15, -0.1) is 0 Å². The Bertz CT molecular complexity index is 144. The first kappa shape index (κ1) is 15.8. The van der Waals surface area contributed by atoms with Gasteiger partial charge in [0, 0.05) is 23.7 Å². The lowest BCUT2D eigenvalue weighted by Gasteiger charge is -2.29. The Morgan fingerprint density at radius 1 is 1.33 bits per heavy atom. The number of rotatable bonds is 9. The van der Waals surface area contributed by atoms with Crippen LogP contribution in [0.3, 0.4) is 0 Å². The van der Waals surface area contributed by atoms with E-state index in [0.717, 1.165) is 17.3 Å². The maximum absolute atomic E-state index is 3.62. The first-order valence-electron chi connectivity index (χ1n) is 5.94. The molecule has 0 heterocycles. The van der Waals surface area contributed by atoms with E-state index in [-0.39, 0.29) is 0 Å². The topological polar surface area (TPSA) is 3.24 Å². The molecule has 2 atom stereocenters. The zero-order chi connectivity index (χ0) is 11.7. The Labute approximate surface area is 109 Å². The Morgan fingerprint density at radius 2 is 2.00 bits per heavy atom. The van der Waals surface area contributed by atoms with Gasteiger partial charge in [-0.2, -0.15) is 11.8 Å². The fraction of sp³-hybridized carbons (Fsp3) is 1.00. The second-order valence-electron chi connectivity index (χ2n) is 4.27. The first-order chi connectivity index (χ1) is 7.19. The van der Waals surface area contributed by atoms with Crippen molar-refractivity contribution in [3.05, 3.63) is 0 Å². The largest absolute Gasteiger partial charge is 0.302 e. The van der Waals surface area contributed by atoms with Crippen LogP contribution in [0.5, 0.6) is 0 Å². The number of hydrogen-bond donors (Lipinski definition) is 0. The summed E-state index contributed by atoms with van der Waals surface area (Å²) >= 11 is 5.58. The van der Waals surface area contributed by atoms with E-state index < -0.39 is 0 Å². The monoisotopic (exact) mass is 295 g/mol. The lowest BCUT2D eigenvalue weighted by molar-refractivity contribution is 0.220. The molecule has 0 N–H and O–H groups in total. The second-order valence-corrected chi connectivity index (χ2v) is 5.82. The molecule has 0 aromatic rings. The van der Waals surface area contributed by atoms with Crippen molar-refractivity contribution in [2.24, 2.45) is 5.92 Å². The van der Waals surface area contributed by atoms with Gasteiger partial charge in [0.25, 0.3) is 0 Å². The molecule has 0 fully saturated rings. The second kappa shape index (κ2) is 9.98. The molecule has 2 unspecified atom stereocenters. The maximum Gasteiger partial charge on any atom is 0.0180 e. The molecule has 0 spiro atoms. The van der Waals surface area contributed by atoms with E-state index in [2.05, 4.69) is 48.0 Å². The van der Waals surface area contributed by atoms with Gasteiger partial charge in [0.05, 0.1) is 0 Å². The average Bonchev–Trinajstić information content (AvgIpc) is 2.24. The summed E-state index contributed by atoms with van der Waals surface area (Å²) in [7, 11) is 2.27. The molecule has 0 saturated carbocycles.